The molecule has 1 amide bonds. The SMILES string of the molecule is C=Cc1c(C2CCC(CC(=O)NS(=O)(=O)C3CC3)CC2)nc2c(C3C=c4ccccc4=NC3)cnn2c1NC. The van der Waals surface area contributed by atoms with Crippen LogP contribution in [0, 0.1) is 5.92 Å². The number of hydrogen-bond donors (Lipinski definition) is 2. The number of para-hydroxylation sites is 1. The van der Waals surface area contributed by atoms with Crippen LogP contribution in [0.3, 0.4) is 0 Å². The van der Waals surface area contributed by atoms with Gasteiger partial charge < -0.3 is 5.32 Å². The summed E-state index contributed by atoms with van der Waals surface area (Å²) in [6, 6.07) is 8.16. The van der Waals surface area contributed by atoms with Crippen molar-refractivity contribution in [2.45, 2.75) is 62.0 Å². The van der Waals surface area contributed by atoms with Crippen molar-refractivity contribution in [1.82, 2.24) is 19.3 Å². The Morgan fingerprint density at radius 1 is 1.15 bits per heavy atom. The molecule has 3 aromatic rings. The average molecular weight is 547 g/mol. The lowest BCUT2D eigenvalue weighted by molar-refractivity contribution is -0.120. The second kappa shape index (κ2) is 10.2. The molecule has 2 aliphatic carbocycles. The van der Waals surface area contributed by atoms with Crippen molar-refractivity contribution in [3.8, 4) is 0 Å². The number of fused-ring (bicyclic) bond motifs is 2. The van der Waals surface area contributed by atoms with Gasteiger partial charge >= 0.3 is 0 Å². The van der Waals surface area contributed by atoms with Crippen molar-refractivity contribution in [2.24, 2.45) is 10.9 Å². The number of aromatic nitrogens is 3. The predicted octanol–water partition coefficient (Wildman–Crippen LogP) is 2.88. The van der Waals surface area contributed by atoms with E-state index in [1.54, 1.807) is 0 Å². The zero-order valence-corrected chi connectivity index (χ0v) is 23.0. The van der Waals surface area contributed by atoms with Gasteiger partial charge in [0.05, 0.1) is 29.0 Å². The van der Waals surface area contributed by atoms with Crippen molar-refractivity contribution < 1.29 is 13.2 Å². The van der Waals surface area contributed by atoms with E-state index in [-0.39, 0.29) is 35.3 Å². The fraction of sp³-hybridized carbons (Fsp3) is 0.448. The fourth-order valence-electron chi connectivity index (χ4n) is 6.05. The van der Waals surface area contributed by atoms with E-state index in [1.807, 2.05) is 42.0 Å². The third-order valence-electron chi connectivity index (χ3n) is 8.28. The maximum atomic E-state index is 12.4. The van der Waals surface area contributed by atoms with E-state index >= 15 is 0 Å². The van der Waals surface area contributed by atoms with Gasteiger partial charge in [-0.1, -0.05) is 36.9 Å². The lowest BCUT2D eigenvalue weighted by Crippen LogP contribution is -2.34. The van der Waals surface area contributed by atoms with Crippen LogP contribution >= 0.6 is 0 Å². The molecule has 2 aromatic heterocycles. The minimum absolute atomic E-state index is 0.0817. The molecular formula is C29H34N6O3S. The van der Waals surface area contributed by atoms with Crippen LogP contribution in [0.5, 0.6) is 0 Å². The molecule has 1 unspecified atom stereocenters. The number of rotatable bonds is 8. The molecule has 1 aromatic carbocycles. The number of sulfonamides is 1. The number of nitrogens with zero attached hydrogens (tertiary/aromatic N) is 4. The van der Waals surface area contributed by atoms with E-state index < -0.39 is 10.0 Å². The first-order chi connectivity index (χ1) is 18.9. The summed E-state index contributed by atoms with van der Waals surface area (Å²) in [7, 11) is -1.61. The quantitative estimate of drug-likeness (QED) is 0.449. The number of benzene rings is 1. The molecule has 9 nitrogen and oxygen atoms in total. The standard InChI is InChI=1S/C29H34N6O3S/c1-3-23-27(19-10-8-18(9-11-19)14-26(36)34-39(37,38)22-12-13-22)33-29-24(17-32-35(29)28(23)30-2)21-15-20-6-4-5-7-25(20)31-16-21/h3-7,15,17-19,21-22,30H,1,8-14,16H2,2H3,(H,34,36). The highest BCUT2D eigenvalue weighted by molar-refractivity contribution is 7.90. The molecule has 3 heterocycles. The van der Waals surface area contributed by atoms with E-state index in [1.165, 1.54) is 0 Å². The van der Waals surface area contributed by atoms with Crippen molar-refractivity contribution in [2.75, 3.05) is 18.9 Å². The number of amides is 1. The Kier molecular flexibility index (Phi) is 6.74. The summed E-state index contributed by atoms with van der Waals surface area (Å²) < 4.78 is 28.4. The third kappa shape index (κ3) is 4.97. The second-order valence-electron chi connectivity index (χ2n) is 10.9. The molecule has 0 radical (unpaired) electrons. The van der Waals surface area contributed by atoms with E-state index in [0.29, 0.717) is 19.4 Å². The number of carbonyl (C=O) groups is 1. The second-order valence-corrected chi connectivity index (χ2v) is 12.9. The summed E-state index contributed by atoms with van der Waals surface area (Å²) in [5, 5.41) is 9.76. The number of anilines is 1. The first kappa shape index (κ1) is 25.7. The van der Waals surface area contributed by atoms with E-state index in [9.17, 15) is 13.2 Å². The lowest BCUT2D eigenvalue weighted by atomic mass is 9.78. The van der Waals surface area contributed by atoms with Gasteiger partial charge in [0.15, 0.2) is 5.65 Å². The van der Waals surface area contributed by atoms with Gasteiger partial charge in [0.1, 0.15) is 5.82 Å². The normalized spacial score (nSPS) is 22.8. The van der Waals surface area contributed by atoms with Crippen molar-refractivity contribution >= 4 is 39.5 Å². The number of hydrogen-bond acceptors (Lipinski definition) is 7. The van der Waals surface area contributed by atoms with Gasteiger partial charge in [-0.3, -0.25) is 14.5 Å². The van der Waals surface area contributed by atoms with Crippen molar-refractivity contribution in [1.29, 1.82) is 0 Å². The molecule has 10 heteroatoms. The summed E-state index contributed by atoms with van der Waals surface area (Å²) in [5.41, 5.74) is 3.81. The monoisotopic (exact) mass is 546 g/mol. The molecule has 0 bridgehead atoms. The number of nitrogens with one attached hydrogen (secondary N) is 2. The van der Waals surface area contributed by atoms with Crippen molar-refractivity contribution in [3.05, 3.63) is 64.4 Å². The maximum absolute atomic E-state index is 12.4. The summed E-state index contributed by atoms with van der Waals surface area (Å²) >= 11 is 0. The Bertz CT molecular complexity index is 1670. The highest BCUT2D eigenvalue weighted by atomic mass is 32.2. The van der Waals surface area contributed by atoms with Crippen LogP contribution in [0.25, 0.3) is 17.8 Å². The molecule has 0 spiro atoms. The minimum Gasteiger partial charge on any atom is -0.372 e. The molecule has 204 valence electrons. The van der Waals surface area contributed by atoms with Gasteiger partial charge in [-0.25, -0.2) is 13.4 Å². The summed E-state index contributed by atoms with van der Waals surface area (Å²) in [4.78, 5) is 22.4. The van der Waals surface area contributed by atoms with Crippen LogP contribution in [-0.2, 0) is 14.8 Å². The maximum Gasteiger partial charge on any atom is 0.237 e. The van der Waals surface area contributed by atoms with Gasteiger partial charge in [-0.15, -0.1) is 0 Å². The largest absolute Gasteiger partial charge is 0.372 e. The van der Waals surface area contributed by atoms with Gasteiger partial charge in [-0.05, 0) is 55.7 Å². The highest BCUT2D eigenvalue weighted by Gasteiger charge is 2.37. The first-order valence-corrected chi connectivity index (χ1v) is 15.3. The van der Waals surface area contributed by atoms with E-state index in [2.05, 4.69) is 28.8 Å². The third-order valence-corrected chi connectivity index (χ3v) is 10.1. The summed E-state index contributed by atoms with van der Waals surface area (Å²) in [5.74, 6) is 0.940. The van der Waals surface area contributed by atoms with Gasteiger partial charge in [0, 0.05) is 36.4 Å². The Balaban J connectivity index is 1.25. The fourth-order valence-corrected chi connectivity index (χ4v) is 7.37. The Morgan fingerprint density at radius 3 is 2.64 bits per heavy atom. The molecule has 3 aliphatic rings. The first-order valence-electron chi connectivity index (χ1n) is 13.8. The molecule has 1 aliphatic heterocycles. The Morgan fingerprint density at radius 2 is 1.92 bits per heavy atom. The number of carbonyl (C=O) groups excluding carboxylic acids is 1. The molecule has 2 saturated carbocycles. The molecule has 39 heavy (non-hydrogen) atoms. The molecular weight excluding hydrogens is 512 g/mol. The molecule has 6 rings (SSSR count). The van der Waals surface area contributed by atoms with Crippen LogP contribution in [0.4, 0.5) is 5.82 Å². The van der Waals surface area contributed by atoms with Gasteiger partial charge in [0.2, 0.25) is 15.9 Å². The Hall–Kier alpha value is -3.53. The molecule has 1 atom stereocenters. The van der Waals surface area contributed by atoms with Crippen LogP contribution in [0.2, 0.25) is 0 Å². The minimum atomic E-state index is -3.50. The molecule has 2 N–H and O–H groups in total. The van der Waals surface area contributed by atoms with Gasteiger partial charge in [0.25, 0.3) is 0 Å². The van der Waals surface area contributed by atoms with Crippen LogP contribution in [0.1, 0.15) is 73.6 Å². The Labute approximate surface area is 228 Å². The van der Waals surface area contributed by atoms with E-state index in [0.717, 1.165) is 64.5 Å². The molecule has 2 fully saturated rings. The van der Waals surface area contributed by atoms with Gasteiger partial charge in [-0.2, -0.15) is 9.61 Å². The topological polar surface area (TPSA) is 118 Å². The summed E-state index contributed by atoms with van der Waals surface area (Å²) in [6.07, 6.45) is 11.0. The predicted molar refractivity (Wildman–Crippen MR) is 151 cm³/mol. The zero-order valence-electron chi connectivity index (χ0n) is 22.1. The lowest BCUT2D eigenvalue weighted by Gasteiger charge is -2.29. The molecule has 0 saturated heterocycles. The van der Waals surface area contributed by atoms with Crippen LogP contribution in [-0.4, -0.2) is 47.8 Å². The van der Waals surface area contributed by atoms with Crippen LogP contribution in [0.15, 0.2) is 42.0 Å². The average Bonchev–Trinajstić information content (AvgIpc) is 3.73. The van der Waals surface area contributed by atoms with Crippen molar-refractivity contribution in [3.63, 3.8) is 0 Å². The van der Waals surface area contributed by atoms with Crippen LogP contribution < -0.4 is 20.6 Å². The highest BCUT2D eigenvalue weighted by Crippen LogP contribution is 2.40. The summed E-state index contributed by atoms with van der Waals surface area (Å²) in [6.45, 7) is 4.73. The smallest absolute Gasteiger partial charge is 0.237 e. The van der Waals surface area contributed by atoms with E-state index in [4.69, 9.17) is 15.1 Å². The zero-order chi connectivity index (χ0) is 27.1.